The molecule has 140 valence electrons. The molecule has 0 saturated heterocycles. The van der Waals surface area contributed by atoms with Gasteiger partial charge in [0.2, 0.25) is 11.8 Å². The van der Waals surface area contributed by atoms with E-state index in [0.29, 0.717) is 11.1 Å². The van der Waals surface area contributed by atoms with E-state index in [1.54, 1.807) is 12.1 Å². The average molecular weight is 370 g/mol. The first-order valence-electron chi connectivity index (χ1n) is 8.52. The van der Waals surface area contributed by atoms with Crippen molar-refractivity contribution in [3.05, 3.63) is 65.0 Å². The summed E-state index contributed by atoms with van der Waals surface area (Å²) < 4.78 is 13.5. The molecule has 1 aliphatic heterocycles. The molecule has 0 bridgehead atoms. The molecule has 0 radical (unpaired) electrons. The lowest BCUT2D eigenvalue weighted by molar-refractivity contribution is -0.138. The van der Waals surface area contributed by atoms with E-state index >= 15 is 0 Å². The molecule has 0 aliphatic carbocycles. The van der Waals surface area contributed by atoms with E-state index in [-0.39, 0.29) is 24.4 Å². The second-order valence-corrected chi connectivity index (χ2v) is 6.55. The fourth-order valence-electron chi connectivity index (χ4n) is 3.33. The number of benzene rings is 2. The van der Waals surface area contributed by atoms with Gasteiger partial charge in [0.1, 0.15) is 5.82 Å². The third-order valence-electron chi connectivity index (χ3n) is 4.63. The van der Waals surface area contributed by atoms with Crippen LogP contribution in [0.5, 0.6) is 0 Å². The highest BCUT2D eigenvalue weighted by Crippen LogP contribution is 2.33. The molecule has 6 nitrogen and oxygen atoms in total. The quantitative estimate of drug-likeness (QED) is 0.754. The normalized spacial score (nSPS) is 16.8. The van der Waals surface area contributed by atoms with Crippen molar-refractivity contribution in [1.29, 1.82) is 0 Å². The zero-order valence-corrected chi connectivity index (χ0v) is 14.7. The number of amides is 2. The van der Waals surface area contributed by atoms with Crippen LogP contribution in [0.15, 0.2) is 42.5 Å². The van der Waals surface area contributed by atoms with Crippen molar-refractivity contribution >= 4 is 23.5 Å². The summed E-state index contributed by atoms with van der Waals surface area (Å²) in [6.45, 7) is 1.84. The zero-order chi connectivity index (χ0) is 19.6. The molecule has 2 amide bonds. The minimum absolute atomic E-state index is 0.0853. The van der Waals surface area contributed by atoms with E-state index in [9.17, 15) is 23.9 Å². The number of aliphatic carboxylic acids is 1. The summed E-state index contributed by atoms with van der Waals surface area (Å²) in [5.41, 5.74) is 2.32. The number of carboxylic acids is 1. The van der Waals surface area contributed by atoms with Crippen LogP contribution in [-0.4, -0.2) is 22.9 Å². The molecule has 0 saturated carbocycles. The Labute approximate surface area is 155 Å². The fraction of sp³-hybridized carbons (Fsp3) is 0.250. The van der Waals surface area contributed by atoms with Crippen LogP contribution in [0.3, 0.4) is 0 Å². The largest absolute Gasteiger partial charge is 0.481 e. The number of hydrogen-bond acceptors (Lipinski definition) is 3. The maximum atomic E-state index is 13.5. The van der Waals surface area contributed by atoms with E-state index in [4.69, 9.17) is 0 Å². The van der Waals surface area contributed by atoms with Gasteiger partial charge in [0, 0.05) is 12.1 Å². The van der Waals surface area contributed by atoms with Crippen molar-refractivity contribution < 1.29 is 23.9 Å². The van der Waals surface area contributed by atoms with Gasteiger partial charge in [0.15, 0.2) is 0 Å². The van der Waals surface area contributed by atoms with Crippen LogP contribution in [0, 0.1) is 12.7 Å². The third kappa shape index (κ3) is 4.13. The Kier molecular flexibility index (Phi) is 5.21. The molecular weight excluding hydrogens is 351 g/mol. The highest BCUT2D eigenvalue weighted by Gasteiger charge is 2.32. The number of carbonyl (C=O) groups excluding carboxylic acids is 2. The van der Waals surface area contributed by atoms with Crippen LogP contribution >= 0.6 is 0 Å². The van der Waals surface area contributed by atoms with Crippen molar-refractivity contribution in [2.45, 2.75) is 31.7 Å². The SMILES string of the molecule is Cc1ccccc1[C@@H](CC(=O)O)NC(=O)[C@@H]1CC(=O)Nc2cc(F)ccc21. The second-order valence-electron chi connectivity index (χ2n) is 6.55. The first-order chi connectivity index (χ1) is 12.8. The van der Waals surface area contributed by atoms with Gasteiger partial charge < -0.3 is 15.7 Å². The molecule has 1 aliphatic rings. The first kappa shape index (κ1) is 18.6. The monoisotopic (exact) mass is 370 g/mol. The molecule has 3 N–H and O–H groups in total. The Morgan fingerprint density at radius 3 is 2.74 bits per heavy atom. The van der Waals surface area contributed by atoms with Gasteiger partial charge in [0.25, 0.3) is 0 Å². The predicted octanol–water partition coefficient (Wildman–Crippen LogP) is 2.89. The Morgan fingerprint density at radius 2 is 2.04 bits per heavy atom. The number of nitrogens with one attached hydrogen (secondary N) is 2. The van der Waals surface area contributed by atoms with Crippen LogP contribution in [0.2, 0.25) is 0 Å². The van der Waals surface area contributed by atoms with Gasteiger partial charge in [0.05, 0.1) is 18.4 Å². The van der Waals surface area contributed by atoms with Gasteiger partial charge in [-0.25, -0.2) is 4.39 Å². The minimum Gasteiger partial charge on any atom is -0.481 e. The lowest BCUT2D eigenvalue weighted by Crippen LogP contribution is -2.38. The molecule has 3 rings (SSSR count). The van der Waals surface area contributed by atoms with Gasteiger partial charge in [-0.3, -0.25) is 14.4 Å². The summed E-state index contributed by atoms with van der Waals surface area (Å²) in [5, 5.41) is 14.5. The number of fused-ring (bicyclic) bond motifs is 1. The molecule has 2 aromatic rings. The number of aryl methyl sites for hydroxylation is 1. The highest BCUT2D eigenvalue weighted by atomic mass is 19.1. The average Bonchev–Trinajstić information content (AvgIpc) is 2.60. The van der Waals surface area contributed by atoms with E-state index < -0.39 is 29.7 Å². The molecule has 0 spiro atoms. The Bertz CT molecular complexity index is 913. The third-order valence-corrected chi connectivity index (χ3v) is 4.63. The summed E-state index contributed by atoms with van der Waals surface area (Å²) in [6.07, 6.45) is -0.371. The molecule has 0 aromatic heterocycles. The molecule has 2 atom stereocenters. The Hall–Kier alpha value is -3.22. The molecule has 2 aromatic carbocycles. The van der Waals surface area contributed by atoms with E-state index in [2.05, 4.69) is 10.6 Å². The lowest BCUT2D eigenvalue weighted by Gasteiger charge is -2.27. The Balaban J connectivity index is 1.89. The summed E-state index contributed by atoms with van der Waals surface area (Å²) in [7, 11) is 0. The van der Waals surface area contributed by atoms with Crippen molar-refractivity contribution in [1.82, 2.24) is 5.32 Å². The van der Waals surface area contributed by atoms with E-state index in [0.717, 1.165) is 5.56 Å². The van der Waals surface area contributed by atoms with Gasteiger partial charge in [-0.1, -0.05) is 30.3 Å². The van der Waals surface area contributed by atoms with Gasteiger partial charge in [-0.2, -0.15) is 0 Å². The number of carbonyl (C=O) groups is 3. The number of hydrogen-bond donors (Lipinski definition) is 3. The second kappa shape index (κ2) is 7.57. The van der Waals surface area contributed by atoms with Crippen molar-refractivity contribution in [2.24, 2.45) is 0 Å². The molecule has 27 heavy (non-hydrogen) atoms. The van der Waals surface area contributed by atoms with Crippen molar-refractivity contribution in [3.8, 4) is 0 Å². The van der Waals surface area contributed by atoms with Crippen molar-refractivity contribution in [3.63, 3.8) is 0 Å². The number of rotatable bonds is 5. The molecule has 1 heterocycles. The van der Waals surface area contributed by atoms with Crippen LogP contribution in [-0.2, 0) is 14.4 Å². The summed E-state index contributed by atoms with van der Waals surface area (Å²) in [5.74, 6) is -3.23. The molecule has 7 heteroatoms. The summed E-state index contributed by atoms with van der Waals surface area (Å²) in [4.78, 5) is 36.1. The smallest absolute Gasteiger partial charge is 0.305 e. The Morgan fingerprint density at radius 1 is 1.30 bits per heavy atom. The van der Waals surface area contributed by atoms with Crippen LogP contribution in [0.4, 0.5) is 10.1 Å². The van der Waals surface area contributed by atoms with Crippen LogP contribution in [0.25, 0.3) is 0 Å². The maximum Gasteiger partial charge on any atom is 0.305 e. The molecular formula is C20H19FN2O4. The molecule has 0 fully saturated rings. The number of halogens is 1. The fourth-order valence-corrected chi connectivity index (χ4v) is 3.33. The standard InChI is InChI=1S/C20H19FN2O4/c1-11-4-2-3-5-13(11)17(10-19(25)26)23-20(27)15-9-18(24)22-16-8-12(21)6-7-14(15)16/h2-8,15,17H,9-10H2,1H3,(H,22,24)(H,23,27)(H,25,26)/t15-,17-/m1/s1. The first-order valence-corrected chi connectivity index (χ1v) is 8.52. The highest BCUT2D eigenvalue weighted by molar-refractivity contribution is 6.01. The van der Waals surface area contributed by atoms with E-state index in [1.165, 1.54) is 18.2 Å². The molecule has 0 unspecified atom stereocenters. The topological polar surface area (TPSA) is 95.5 Å². The van der Waals surface area contributed by atoms with Gasteiger partial charge >= 0.3 is 5.97 Å². The summed E-state index contributed by atoms with van der Waals surface area (Å²) in [6, 6.07) is 10.3. The summed E-state index contributed by atoms with van der Waals surface area (Å²) >= 11 is 0. The van der Waals surface area contributed by atoms with E-state index in [1.807, 2.05) is 19.1 Å². The lowest BCUT2D eigenvalue weighted by atomic mass is 9.89. The van der Waals surface area contributed by atoms with Gasteiger partial charge in [-0.15, -0.1) is 0 Å². The minimum atomic E-state index is -1.05. The van der Waals surface area contributed by atoms with Crippen LogP contribution < -0.4 is 10.6 Å². The number of anilines is 1. The van der Waals surface area contributed by atoms with Gasteiger partial charge in [-0.05, 0) is 35.7 Å². The number of carboxylic acid groups (broad SMARTS) is 1. The zero-order valence-electron chi connectivity index (χ0n) is 14.7. The maximum absolute atomic E-state index is 13.5. The predicted molar refractivity (Wildman–Crippen MR) is 96.7 cm³/mol. The van der Waals surface area contributed by atoms with Crippen molar-refractivity contribution in [2.75, 3.05) is 5.32 Å². The van der Waals surface area contributed by atoms with Crippen LogP contribution in [0.1, 0.15) is 41.5 Å².